The van der Waals surface area contributed by atoms with Crippen LogP contribution in [0.4, 0.5) is 0 Å². The number of nitrogens with zero attached hydrogens (tertiary/aromatic N) is 2. The number of thioether (sulfide) groups is 2. The maximum atomic E-state index is 12.3. The highest BCUT2D eigenvalue weighted by Gasteiger charge is 2.10. The van der Waals surface area contributed by atoms with E-state index < -0.39 is 0 Å². The lowest BCUT2D eigenvalue weighted by molar-refractivity contribution is -0.118. The molecule has 0 unspecified atom stereocenters. The molecule has 1 amide bonds. The number of rotatable bonds is 13. The minimum atomic E-state index is -0.0474. The first-order chi connectivity index (χ1) is 15.7. The second kappa shape index (κ2) is 13.3. The van der Waals surface area contributed by atoms with Gasteiger partial charge in [0.1, 0.15) is 6.61 Å². The van der Waals surface area contributed by atoms with E-state index in [1.54, 1.807) is 30.2 Å². The Labute approximate surface area is 201 Å². The fraction of sp³-hybridized carbons (Fsp3) is 0.348. The van der Waals surface area contributed by atoms with Crippen molar-refractivity contribution in [3.05, 3.63) is 59.7 Å². The van der Waals surface area contributed by atoms with Crippen molar-refractivity contribution >= 4 is 40.8 Å². The van der Waals surface area contributed by atoms with E-state index in [0.717, 1.165) is 25.6 Å². The van der Waals surface area contributed by atoms with Crippen LogP contribution in [0.15, 0.2) is 57.2 Å². The molecule has 0 atom stereocenters. The Morgan fingerprint density at radius 1 is 1.03 bits per heavy atom. The topological polar surface area (TPSA) is 73.3 Å². The molecular weight excluding hydrogens is 462 g/mol. The molecule has 2 aromatic carbocycles. The molecule has 1 aromatic heterocycles. The first-order valence-corrected chi connectivity index (χ1v) is 13.2. The van der Waals surface area contributed by atoms with E-state index in [9.17, 15) is 4.79 Å². The second-order valence-corrected chi connectivity index (χ2v) is 10.4. The Balaban J connectivity index is 1.44. The van der Waals surface area contributed by atoms with Crippen molar-refractivity contribution in [1.82, 2.24) is 15.5 Å². The number of benzene rings is 2. The molecule has 0 aliphatic carbocycles. The molecule has 0 fully saturated rings. The maximum Gasteiger partial charge on any atom is 0.230 e. The zero-order valence-electron chi connectivity index (χ0n) is 18.2. The van der Waals surface area contributed by atoms with Gasteiger partial charge >= 0.3 is 0 Å². The predicted molar refractivity (Wildman–Crippen MR) is 132 cm³/mol. The van der Waals surface area contributed by atoms with E-state index in [1.807, 2.05) is 48.5 Å². The minimum Gasteiger partial charge on any atom is -0.493 e. The average molecular weight is 490 g/mol. The molecule has 32 heavy (non-hydrogen) atoms. The molecular formula is C23H27N3O3S3. The number of hydrogen-bond donors (Lipinski definition) is 1. The third kappa shape index (κ3) is 8.03. The molecule has 3 aromatic rings. The summed E-state index contributed by atoms with van der Waals surface area (Å²) in [7, 11) is 1.61. The Bertz CT molecular complexity index is 983. The van der Waals surface area contributed by atoms with Gasteiger partial charge in [-0.2, -0.15) is 0 Å². The van der Waals surface area contributed by atoms with Gasteiger partial charge in [-0.3, -0.25) is 4.79 Å². The monoisotopic (exact) mass is 489 g/mol. The molecule has 0 spiro atoms. The molecule has 3 rings (SSSR count). The summed E-state index contributed by atoms with van der Waals surface area (Å²) >= 11 is 4.68. The Morgan fingerprint density at radius 2 is 1.81 bits per heavy atom. The van der Waals surface area contributed by atoms with Crippen LogP contribution in [0.25, 0.3) is 0 Å². The standard InChI is InChI=1S/C23H27N3O3S3/c1-3-4-12-30-22-25-26-23(32-22)31-16-21(27)24-14-18-10-11-19(20(13-18)28-2)29-15-17-8-6-5-7-9-17/h5-11,13H,3-4,12,14-16H2,1-2H3,(H,24,27). The van der Waals surface area contributed by atoms with Crippen molar-refractivity contribution in [3.8, 4) is 11.5 Å². The smallest absolute Gasteiger partial charge is 0.230 e. The summed E-state index contributed by atoms with van der Waals surface area (Å²) in [4.78, 5) is 12.3. The number of ether oxygens (including phenoxy) is 2. The summed E-state index contributed by atoms with van der Waals surface area (Å²) in [5.74, 6) is 2.63. The first kappa shape index (κ1) is 24.4. The molecule has 1 N–H and O–H groups in total. The fourth-order valence-corrected chi connectivity index (χ4v) is 5.68. The third-order valence-electron chi connectivity index (χ3n) is 4.39. The summed E-state index contributed by atoms with van der Waals surface area (Å²) in [6.45, 7) is 3.06. The van der Waals surface area contributed by atoms with Crippen LogP contribution in [0.3, 0.4) is 0 Å². The van der Waals surface area contributed by atoms with E-state index in [-0.39, 0.29) is 5.91 Å². The molecule has 0 aliphatic heterocycles. The molecule has 9 heteroatoms. The fourth-order valence-electron chi connectivity index (χ4n) is 2.67. The predicted octanol–water partition coefficient (Wildman–Crippen LogP) is 5.43. The van der Waals surface area contributed by atoms with Crippen molar-refractivity contribution in [2.45, 2.75) is 41.6 Å². The molecule has 0 bridgehead atoms. The Morgan fingerprint density at radius 3 is 2.56 bits per heavy atom. The normalized spacial score (nSPS) is 10.7. The average Bonchev–Trinajstić information content (AvgIpc) is 3.29. The highest BCUT2D eigenvalue weighted by atomic mass is 32.2. The van der Waals surface area contributed by atoms with Gasteiger partial charge in [0.2, 0.25) is 5.91 Å². The Kier molecular flexibility index (Phi) is 10.2. The van der Waals surface area contributed by atoms with Crippen molar-refractivity contribution in [3.63, 3.8) is 0 Å². The quantitative estimate of drug-likeness (QED) is 0.254. The van der Waals surface area contributed by atoms with Crippen LogP contribution < -0.4 is 14.8 Å². The minimum absolute atomic E-state index is 0.0474. The van der Waals surface area contributed by atoms with Gasteiger partial charge in [-0.05, 0) is 29.7 Å². The summed E-state index contributed by atoms with van der Waals surface area (Å²) in [5.41, 5.74) is 2.03. The number of carbonyl (C=O) groups excluding carboxylic acids is 1. The zero-order valence-corrected chi connectivity index (χ0v) is 20.7. The molecule has 1 heterocycles. The molecule has 0 radical (unpaired) electrons. The second-order valence-electron chi connectivity index (χ2n) is 6.86. The van der Waals surface area contributed by atoms with Gasteiger partial charge in [-0.1, -0.05) is 84.6 Å². The van der Waals surface area contributed by atoms with Crippen molar-refractivity contribution < 1.29 is 14.3 Å². The molecule has 170 valence electrons. The van der Waals surface area contributed by atoms with E-state index in [0.29, 0.717) is 30.4 Å². The highest BCUT2D eigenvalue weighted by Crippen LogP contribution is 2.30. The van der Waals surface area contributed by atoms with Crippen LogP contribution in [0.2, 0.25) is 0 Å². The lowest BCUT2D eigenvalue weighted by atomic mass is 10.2. The number of carbonyl (C=O) groups is 1. The van der Waals surface area contributed by atoms with Crippen LogP contribution in [0.1, 0.15) is 30.9 Å². The van der Waals surface area contributed by atoms with Gasteiger partial charge in [-0.15, -0.1) is 10.2 Å². The van der Waals surface area contributed by atoms with Crippen molar-refractivity contribution in [2.24, 2.45) is 0 Å². The van der Waals surface area contributed by atoms with Gasteiger partial charge < -0.3 is 14.8 Å². The molecule has 0 saturated carbocycles. The van der Waals surface area contributed by atoms with Crippen LogP contribution in [-0.4, -0.2) is 34.7 Å². The van der Waals surface area contributed by atoms with Crippen molar-refractivity contribution in [2.75, 3.05) is 18.6 Å². The van der Waals surface area contributed by atoms with E-state index >= 15 is 0 Å². The number of aromatic nitrogens is 2. The lowest BCUT2D eigenvalue weighted by Crippen LogP contribution is -2.24. The third-order valence-corrected chi connectivity index (χ3v) is 7.67. The van der Waals surface area contributed by atoms with Gasteiger partial charge in [0.05, 0.1) is 12.9 Å². The summed E-state index contributed by atoms with van der Waals surface area (Å²) < 4.78 is 13.1. The largest absolute Gasteiger partial charge is 0.493 e. The molecule has 0 saturated heterocycles. The highest BCUT2D eigenvalue weighted by molar-refractivity contribution is 8.03. The lowest BCUT2D eigenvalue weighted by Gasteiger charge is -2.13. The van der Waals surface area contributed by atoms with Crippen LogP contribution in [0, 0.1) is 0 Å². The van der Waals surface area contributed by atoms with Gasteiger partial charge in [0.25, 0.3) is 0 Å². The number of methoxy groups -OCH3 is 1. The number of hydrogen-bond acceptors (Lipinski definition) is 8. The van der Waals surface area contributed by atoms with Gasteiger partial charge in [0, 0.05) is 12.3 Å². The Hall–Kier alpha value is -2.23. The van der Waals surface area contributed by atoms with E-state index in [1.165, 1.54) is 24.6 Å². The van der Waals surface area contributed by atoms with Crippen LogP contribution in [0.5, 0.6) is 11.5 Å². The number of nitrogens with one attached hydrogen (secondary N) is 1. The molecule has 0 aliphatic rings. The van der Waals surface area contributed by atoms with Crippen LogP contribution >= 0.6 is 34.9 Å². The van der Waals surface area contributed by atoms with E-state index in [2.05, 4.69) is 22.4 Å². The first-order valence-electron chi connectivity index (χ1n) is 10.4. The van der Waals surface area contributed by atoms with Crippen molar-refractivity contribution in [1.29, 1.82) is 0 Å². The summed E-state index contributed by atoms with van der Waals surface area (Å²) in [6, 6.07) is 15.7. The molecule has 6 nitrogen and oxygen atoms in total. The van der Waals surface area contributed by atoms with Gasteiger partial charge in [0.15, 0.2) is 20.2 Å². The maximum absolute atomic E-state index is 12.3. The zero-order chi connectivity index (χ0) is 22.6. The summed E-state index contributed by atoms with van der Waals surface area (Å²) in [5, 5.41) is 11.3. The SMILES string of the molecule is CCCCSc1nnc(SCC(=O)NCc2ccc(OCc3ccccc3)c(OC)c2)s1. The number of unbranched alkanes of at least 4 members (excludes halogenated alkanes) is 1. The number of amides is 1. The van der Waals surface area contributed by atoms with E-state index in [4.69, 9.17) is 9.47 Å². The van der Waals surface area contributed by atoms with Crippen LogP contribution in [-0.2, 0) is 17.9 Å². The van der Waals surface area contributed by atoms with Gasteiger partial charge in [-0.25, -0.2) is 0 Å². The summed E-state index contributed by atoms with van der Waals surface area (Å²) in [6.07, 6.45) is 2.34.